The molecule has 0 aromatic carbocycles. The zero-order valence-corrected chi connectivity index (χ0v) is 44.4. The van der Waals surface area contributed by atoms with Crippen LogP contribution in [0.4, 0.5) is 0 Å². The van der Waals surface area contributed by atoms with Gasteiger partial charge in [-0.25, -0.2) is 0 Å². The zero-order valence-electron chi connectivity index (χ0n) is 29.7. The van der Waals surface area contributed by atoms with Gasteiger partial charge in [0.2, 0.25) is 0 Å². The quantitative estimate of drug-likeness (QED) is 0.0330. The fourth-order valence-corrected chi connectivity index (χ4v) is 11.5. The van der Waals surface area contributed by atoms with E-state index in [9.17, 15) is 19.2 Å². The molecular weight excluding hydrogens is 1320 g/mol. The number of carbonyl (C=O) groups excluding carboxylic acids is 4. The molecule has 0 saturated carbocycles. The van der Waals surface area contributed by atoms with Crippen molar-refractivity contribution in [1.29, 1.82) is 0 Å². The molecule has 0 aromatic heterocycles. The zero-order chi connectivity index (χ0) is 41.1. The first-order valence-corrected chi connectivity index (χ1v) is 25.3. The van der Waals surface area contributed by atoms with E-state index in [1.165, 1.54) is 0 Å². The summed E-state index contributed by atoms with van der Waals surface area (Å²) in [4.78, 5) is 53.0. The van der Waals surface area contributed by atoms with Crippen molar-refractivity contribution in [3.8, 4) is 0 Å². The molecule has 312 valence electrons. The highest BCUT2D eigenvalue weighted by Crippen LogP contribution is 2.30. The van der Waals surface area contributed by atoms with E-state index in [-0.39, 0.29) is 60.7 Å². The van der Waals surface area contributed by atoms with E-state index in [0.29, 0.717) is 25.7 Å². The van der Waals surface area contributed by atoms with Crippen LogP contribution >= 0.6 is 183 Å². The summed E-state index contributed by atoms with van der Waals surface area (Å²) in [6, 6.07) is 0. The minimum atomic E-state index is -1.50. The number of alkyl halides is 12. The SMILES string of the molecule is CC(CC(Cl)CC(Cl)I)C(=O)OCC(COC(=O)C(C)CC(Cl)CC(Cl)I)(COC(=O)C(C)CC(Cl)CC(Cl)I)COC(=O)C(C)CC(Cl)CC(Cl)I. The maximum absolute atomic E-state index is 13.3. The van der Waals surface area contributed by atoms with Gasteiger partial charge in [0.05, 0.1) is 37.2 Å². The molecule has 0 aliphatic rings. The first-order chi connectivity index (χ1) is 24.5. The van der Waals surface area contributed by atoms with Gasteiger partial charge in [0.25, 0.3) is 0 Å². The van der Waals surface area contributed by atoms with Crippen LogP contribution in [0.15, 0.2) is 0 Å². The van der Waals surface area contributed by atoms with Crippen LogP contribution in [0.2, 0.25) is 0 Å². The molecule has 0 radical (unpaired) electrons. The van der Waals surface area contributed by atoms with Gasteiger partial charge in [0.15, 0.2) is 0 Å². The van der Waals surface area contributed by atoms with Crippen LogP contribution in [0.25, 0.3) is 0 Å². The van der Waals surface area contributed by atoms with Gasteiger partial charge >= 0.3 is 23.9 Å². The maximum atomic E-state index is 13.3. The van der Waals surface area contributed by atoms with Crippen LogP contribution in [-0.2, 0) is 38.1 Å². The molecule has 20 heteroatoms. The molecule has 0 aliphatic heterocycles. The third-order valence-corrected chi connectivity index (χ3v) is 12.0. The Morgan fingerprint density at radius 1 is 0.396 bits per heavy atom. The number of carbonyl (C=O) groups is 4. The van der Waals surface area contributed by atoms with E-state index in [1.54, 1.807) is 27.7 Å². The average molecular weight is 1360 g/mol. The Bertz CT molecular complexity index is 932. The molecule has 0 amide bonds. The van der Waals surface area contributed by atoms with Crippen molar-refractivity contribution < 1.29 is 38.1 Å². The Hall–Kier alpha value is 3.12. The predicted octanol–water partition coefficient (Wildman–Crippen LogP) is 12.2. The number of rotatable bonds is 28. The van der Waals surface area contributed by atoms with Gasteiger partial charge in [0.1, 0.15) is 31.8 Å². The van der Waals surface area contributed by atoms with Crippen LogP contribution in [0, 0.1) is 29.1 Å². The fourth-order valence-electron chi connectivity index (χ4n) is 4.79. The standard InChI is InChI=1S/C33H48Cl8I4O8/c1-17(5-21(34)9-25(38)42)29(46)50-13-33(14-51-30(47)18(2)6-22(35)10-26(39)43,15-52-31(48)19(3)7-23(36)11-27(40)44)16-53-32(49)20(4)8-24(37)12-28(41)45/h17-28H,5-16H2,1-4H3. The van der Waals surface area contributed by atoms with Crippen molar-refractivity contribution in [2.45, 2.75) is 114 Å². The molecule has 8 nitrogen and oxygen atoms in total. The number of hydrogen-bond acceptors (Lipinski definition) is 8. The summed E-state index contributed by atoms with van der Waals surface area (Å²) < 4.78 is 22.2. The minimum Gasteiger partial charge on any atom is -0.464 e. The van der Waals surface area contributed by atoms with E-state index in [4.69, 9.17) is 112 Å². The van der Waals surface area contributed by atoms with Crippen molar-refractivity contribution in [3.05, 3.63) is 0 Å². The highest BCUT2D eigenvalue weighted by Gasteiger charge is 2.40. The summed E-state index contributed by atoms with van der Waals surface area (Å²) in [6.07, 6.45) is 2.99. The fraction of sp³-hybridized carbons (Fsp3) is 0.879. The second kappa shape index (κ2) is 30.2. The van der Waals surface area contributed by atoms with E-state index in [1.807, 2.05) is 90.4 Å². The van der Waals surface area contributed by atoms with E-state index in [0.717, 1.165) is 0 Å². The first kappa shape index (κ1) is 56.1. The summed E-state index contributed by atoms with van der Waals surface area (Å²) in [7, 11) is 0. The molecule has 0 spiro atoms. The lowest BCUT2D eigenvalue weighted by molar-refractivity contribution is -0.175. The second-order valence-corrected chi connectivity index (χ2v) is 26.9. The third kappa shape index (κ3) is 27.6. The van der Waals surface area contributed by atoms with Gasteiger partial charge in [-0.05, 0) is 51.4 Å². The Morgan fingerprint density at radius 2 is 0.566 bits per heavy atom. The maximum Gasteiger partial charge on any atom is 0.308 e. The van der Waals surface area contributed by atoms with Gasteiger partial charge in [-0.2, -0.15) is 0 Å². The van der Waals surface area contributed by atoms with Crippen molar-refractivity contribution >= 4 is 207 Å². The lowest BCUT2D eigenvalue weighted by atomic mass is 9.91. The molecule has 12 unspecified atom stereocenters. The van der Waals surface area contributed by atoms with E-state index < -0.39 is 79.4 Å². The topological polar surface area (TPSA) is 105 Å². The summed E-state index contributed by atoms with van der Waals surface area (Å²) in [5.41, 5.74) is -1.50. The molecule has 12 atom stereocenters. The lowest BCUT2D eigenvalue weighted by Gasteiger charge is -2.33. The molecule has 0 N–H and O–H groups in total. The monoisotopic (exact) mass is 1360 g/mol. The number of halogens is 12. The molecule has 0 fully saturated rings. The average Bonchev–Trinajstić information content (AvgIpc) is 3.01. The largest absolute Gasteiger partial charge is 0.464 e. The summed E-state index contributed by atoms with van der Waals surface area (Å²) in [5, 5.41) is -1.55. The van der Waals surface area contributed by atoms with Crippen molar-refractivity contribution in [3.63, 3.8) is 0 Å². The highest BCUT2D eigenvalue weighted by atomic mass is 127. The second-order valence-electron chi connectivity index (χ2n) is 13.4. The molecule has 0 bridgehead atoms. The summed E-state index contributed by atoms with van der Waals surface area (Å²) in [5.74, 6) is -4.93. The summed E-state index contributed by atoms with van der Waals surface area (Å²) in [6.45, 7) is 4.94. The molecule has 0 heterocycles. The van der Waals surface area contributed by atoms with Crippen LogP contribution in [-0.4, -0.2) is 85.3 Å². The minimum absolute atomic E-state index is 0.219. The molecule has 53 heavy (non-hydrogen) atoms. The van der Waals surface area contributed by atoms with Crippen LogP contribution in [0.1, 0.15) is 79.1 Å². The van der Waals surface area contributed by atoms with Gasteiger partial charge in [-0.1, -0.05) is 118 Å². The Balaban J connectivity index is 6.40. The lowest BCUT2D eigenvalue weighted by Crippen LogP contribution is -2.45. The Kier molecular flexibility index (Phi) is 32.0. The van der Waals surface area contributed by atoms with Gasteiger partial charge in [-0.15, -0.1) is 92.8 Å². The van der Waals surface area contributed by atoms with E-state index in [2.05, 4.69) is 0 Å². The number of ether oxygens (including phenoxy) is 4. The van der Waals surface area contributed by atoms with Crippen LogP contribution in [0.3, 0.4) is 0 Å². The van der Waals surface area contributed by atoms with Crippen molar-refractivity contribution in [2.75, 3.05) is 26.4 Å². The Labute approximate surface area is 409 Å². The van der Waals surface area contributed by atoms with Crippen molar-refractivity contribution in [2.24, 2.45) is 29.1 Å². The molecular formula is C33H48Cl8I4O8. The van der Waals surface area contributed by atoms with Crippen LogP contribution < -0.4 is 0 Å². The predicted molar refractivity (Wildman–Crippen MR) is 253 cm³/mol. The number of hydrogen-bond donors (Lipinski definition) is 0. The molecule has 0 aromatic rings. The highest BCUT2D eigenvalue weighted by molar-refractivity contribution is 14.1. The summed E-state index contributed by atoms with van der Waals surface area (Å²) >= 11 is 58.1. The first-order valence-electron chi connectivity index (χ1n) is 16.8. The van der Waals surface area contributed by atoms with Gasteiger partial charge in [-0.3, -0.25) is 19.2 Å². The molecule has 0 rings (SSSR count). The molecule has 0 aliphatic carbocycles. The number of esters is 4. The third-order valence-electron chi connectivity index (χ3n) is 7.86. The molecule has 0 saturated heterocycles. The Morgan fingerprint density at radius 3 is 0.717 bits per heavy atom. The van der Waals surface area contributed by atoms with Gasteiger partial charge < -0.3 is 18.9 Å². The van der Waals surface area contributed by atoms with Crippen LogP contribution in [0.5, 0.6) is 0 Å². The van der Waals surface area contributed by atoms with Crippen molar-refractivity contribution in [1.82, 2.24) is 0 Å². The smallest absolute Gasteiger partial charge is 0.308 e. The van der Waals surface area contributed by atoms with Gasteiger partial charge in [0, 0.05) is 21.5 Å². The van der Waals surface area contributed by atoms with E-state index >= 15 is 0 Å². The normalized spacial score (nSPS) is 19.8.